The highest BCUT2D eigenvalue weighted by Crippen LogP contribution is 2.24. The Balaban J connectivity index is 2.08. The second-order valence-corrected chi connectivity index (χ2v) is 5.18. The zero-order valence-corrected chi connectivity index (χ0v) is 11.6. The van der Waals surface area contributed by atoms with Crippen LogP contribution in [0.2, 0.25) is 0 Å². The highest BCUT2D eigenvalue weighted by atomic mass is 79.9. The average molecular weight is 295 g/mol. The fourth-order valence-electron chi connectivity index (χ4n) is 1.52. The molecule has 0 N–H and O–H groups in total. The largest absolute Gasteiger partial charge is 0.424 e. The van der Waals surface area contributed by atoms with E-state index < -0.39 is 0 Å². The van der Waals surface area contributed by atoms with Crippen LogP contribution in [0.5, 0.6) is 0 Å². The van der Waals surface area contributed by atoms with Gasteiger partial charge in [-0.25, -0.2) is 0 Å². The molecule has 2 rings (SSSR count). The first-order chi connectivity index (χ1) is 8.19. The molecule has 0 aliphatic rings. The molecule has 2 aromatic rings. The summed E-state index contributed by atoms with van der Waals surface area (Å²) >= 11 is 3.50. The minimum atomic E-state index is 0.154. The van der Waals surface area contributed by atoms with Crippen LogP contribution < -0.4 is 0 Å². The summed E-state index contributed by atoms with van der Waals surface area (Å²) < 4.78 is 5.60. The number of alkyl halides is 1. The summed E-state index contributed by atoms with van der Waals surface area (Å²) in [5.74, 6) is 1.33. The maximum atomic E-state index is 5.60. The third-order valence-corrected chi connectivity index (χ3v) is 3.62. The molecule has 0 radical (unpaired) electrons. The summed E-state index contributed by atoms with van der Waals surface area (Å²) in [6.07, 6.45) is 1.63. The van der Waals surface area contributed by atoms with E-state index in [4.69, 9.17) is 4.42 Å². The Labute approximate surface area is 109 Å². The third kappa shape index (κ3) is 3.16. The van der Waals surface area contributed by atoms with Gasteiger partial charge in [0.25, 0.3) is 0 Å². The van der Waals surface area contributed by atoms with Gasteiger partial charge < -0.3 is 4.42 Å². The van der Waals surface area contributed by atoms with Crippen LogP contribution in [0.25, 0.3) is 0 Å². The highest BCUT2D eigenvalue weighted by molar-refractivity contribution is 9.09. The zero-order valence-electron chi connectivity index (χ0n) is 9.98. The monoisotopic (exact) mass is 294 g/mol. The molecule has 1 unspecified atom stereocenters. The summed E-state index contributed by atoms with van der Waals surface area (Å²) in [7, 11) is 0. The van der Waals surface area contributed by atoms with Crippen molar-refractivity contribution in [2.45, 2.75) is 31.5 Å². The molecule has 0 spiro atoms. The summed E-state index contributed by atoms with van der Waals surface area (Å²) in [4.78, 5) is 0.154. The van der Waals surface area contributed by atoms with Crippen molar-refractivity contribution in [3.05, 3.63) is 47.2 Å². The number of halogens is 1. The van der Waals surface area contributed by atoms with Gasteiger partial charge in [0.15, 0.2) is 0 Å². The molecule has 0 saturated carbocycles. The zero-order chi connectivity index (χ0) is 12.3. The minimum Gasteiger partial charge on any atom is -0.424 e. The van der Waals surface area contributed by atoms with Crippen molar-refractivity contribution < 1.29 is 4.42 Å². The summed E-state index contributed by atoms with van der Waals surface area (Å²) in [5.41, 5.74) is 2.44. The van der Waals surface area contributed by atoms with Gasteiger partial charge in [-0.05, 0) is 18.9 Å². The molecule has 0 amide bonds. The first-order valence-corrected chi connectivity index (χ1v) is 6.62. The van der Waals surface area contributed by atoms with E-state index in [9.17, 15) is 0 Å². The second kappa shape index (κ2) is 5.45. The van der Waals surface area contributed by atoms with E-state index in [-0.39, 0.29) is 4.83 Å². The molecule has 90 valence electrons. The summed E-state index contributed by atoms with van der Waals surface area (Å²) in [6, 6.07) is 8.35. The fraction of sp³-hybridized carbons (Fsp3) is 0.385. The van der Waals surface area contributed by atoms with Gasteiger partial charge in [-0.2, -0.15) is 0 Å². The topological polar surface area (TPSA) is 38.9 Å². The third-order valence-electron chi connectivity index (χ3n) is 2.58. The lowest BCUT2D eigenvalue weighted by atomic mass is 10.1. The Kier molecular flexibility index (Phi) is 3.94. The average Bonchev–Trinajstić information content (AvgIpc) is 2.80. The van der Waals surface area contributed by atoms with Crippen molar-refractivity contribution in [3.8, 4) is 0 Å². The quantitative estimate of drug-likeness (QED) is 0.805. The molecular weight excluding hydrogens is 280 g/mol. The van der Waals surface area contributed by atoms with Gasteiger partial charge in [0, 0.05) is 0 Å². The van der Waals surface area contributed by atoms with E-state index in [1.807, 2.05) is 0 Å². The van der Waals surface area contributed by atoms with Crippen molar-refractivity contribution in [2.24, 2.45) is 0 Å². The van der Waals surface area contributed by atoms with E-state index in [1.165, 1.54) is 11.1 Å². The van der Waals surface area contributed by atoms with Gasteiger partial charge in [-0.3, -0.25) is 0 Å². The van der Waals surface area contributed by atoms with Crippen molar-refractivity contribution >= 4 is 15.9 Å². The molecule has 1 aromatic carbocycles. The molecule has 17 heavy (non-hydrogen) atoms. The van der Waals surface area contributed by atoms with Crippen molar-refractivity contribution in [2.75, 3.05) is 0 Å². The Bertz CT molecular complexity index is 478. The number of aryl methyl sites for hydroxylation is 1. The first-order valence-electron chi connectivity index (χ1n) is 5.71. The molecule has 1 aromatic heterocycles. The molecule has 0 aliphatic carbocycles. The second-order valence-electron chi connectivity index (χ2n) is 4.07. The van der Waals surface area contributed by atoms with Crippen LogP contribution in [0.15, 0.2) is 28.7 Å². The maximum Gasteiger partial charge on any atom is 0.230 e. The fourth-order valence-corrected chi connectivity index (χ4v) is 1.70. The lowest BCUT2D eigenvalue weighted by Crippen LogP contribution is -1.88. The van der Waals surface area contributed by atoms with E-state index in [1.54, 1.807) is 0 Å². The number of hydrogen-bond acceptors (Lipinski definition) is 3. The molecule has 4 heteroatoms. The molecular formula is C13H15BrN2O. The SMILES string of the molecule is CCC(Br)c1nnc(Cc2ccc(C)cc2)o1. The number of benzene rings is 1. The Hall–Kier alpha value is -1.16. The van der Waals surface area contributed by atoms with Crippen molar-refractivity contribution in [1.29, 1.82) is 0 Å². The van der Waals surface area contributed by atoms with E-state index in [0.717, 1.165) is 6.42 Å². The number of hydrogen-bond donors (Lipinski definition) is 0. The van der Waals surface area contributed by atoms with Crippen LogP contribution in [0.3, 0.4) is 0 Å². The summed E-state index contributed by atoms with van der Waals surface area (Å²) in [5, 5.41) is 8.09. The van der Waals surface area contributed by atoms with Gasteiger partial charge in [0.2, 0.25) is 11.8 Å². The van der Waals surface area contributed by atoms with Gasteiger partial charge in [-0.15, -0.1) is 10.2 Å². The molecule has 1 atom stereocenters. The van der Waals surface area contributed by atoms with Gasteiger partial charge in [0.05, 0.1) is 11.2 Å². The van der Waals surface area contributed by atoms with E-state index in [0.29, 0.717) is 18.2 Å². The summed E-state index contributed by atoms with van der Waals surface area (Å²) in [6.45, 7) is 4.15. The lowest BCUT2D eigenvalue weighted by Gasteiger charge is -1.99. The van der Waals surface area contributed by atoms with E-state index >= 15 is 0 Å². The first kappa shape index (κ1) is 12.3. The number of rotatable bonds is 4. The Morgan fingerprint density at radius 3 is 2.59 bits per heavy atom. The predicted molar refractivity (Wildman–Crippen MR) is 70.2 cm³/mol. The van der Waals surface area contributed by atoms with Gasteiger partial charge >= 0.3 is 0 Å². The van der Waals surface area contributed by atoms with Crippen molar-refractivity contribution in [1.82, 2.24) is 10.2 Å². The van der Waals surface area contributed by atoms with Crippen molar-refractivity contribution in [3.63, 3.8) is 0 Å². The molecule has 0 aliphatic heterocycles. The Morgan fingerprint density at radius 2 is 1.94 bits per heavy atom. The molecule has 0 bridgehead atoms. The van der Waals surface area contributed by atoms with Crippen LogP contribution in [-0.2, 0) is 6.42 Å². The van der Waals surface area contributed by atoms with Crippen LogP contribution >= 0.6 is 15.9 Å². The van der Waals surface area contributed by atoms with Crippen LogP contribution in [0.1, 0.15) is 41.1 Å². The van der Waals surface area contributed by atoms with Gasteiger partial charge in [-0.1, -0.05) is 52.7 Å². The molecule has 3 nitrogen and oxygen atoms in total. The van der Waals surface area contributed by atoms with E-state index in [2.05, 4.69) is 64.2 Å². The lowest BCUT2D eigenvalue weighted by molar-refractivity contribution is 0.454. The highest BCUT2D eigenvalue weighted by Gasteiger charge is 2.13. The maximum absolute atomic E-state index is 5.60. The van der Waals surface area contributed by atoms with Gasteiger partial charge in [0.1, 0.15) is 0 Å². The molecule has 0 saturated heterocycles. The Morgan fingerprint density at radius 1 is 1.24 bits per heavy atom. The minimum absolute atomic E-state index is 0.154. The predicted octanol–water partition coefficient (Wildman–Crippen LogP) is 3.81. The molecule has 1 heterocycles. The van der Waals surface area contributed by atoms with Crippen LogP contribution in [0.4, 0.5) is 0 Å². The van der Waals surface area contributed by atoms with Crippen LogP contribution in [0, 0.1) is 6.92 Å². The normalized spacial score (nSPS) is 12.6. The number of aromatic nitrogens is 2. The number of nitrogens with zero attached hydrogens (tertiary/aromatic N) is 2. The smallest absolute Gasteiger partial charge is 0.230 e. The van der Waals surface area contributed by atoms with Crippen LogP contribution in [-0.4, -0.2) is 10.2 Å². The molecule has 0 fully saturated rings. The standard InChI is InChI=1S/C13H15BrN2O/c1-3-11(14)13-16-15-12(17-13)8-10-6-4-9(2)5-7-10/h4-7,11H,3,8H2,1-2H3.